The predicted molar refractivity (Wildman–Crippen MR) is 100 cm³/mol. The summed E-state index contributed by atoms with van der Waals surface area (Å²) in [6.07, 6.45) is -0.905. The summed E-state index contributed by atoms with van der Waals surface area (Å²) in [6, 6.07) is 7.52. The van der Waals surface area contributed by atoms with Crippen molar-refractivity contribution in [2.24, 2.45) is 0 Å². The Morgan fingerprint density at radius 2 is 2.04 bits per heavy atom. The van der Waals surface area contributed by atoms with Crippen LogP contribution in [0.3, 0.4) is 0 Å². The van der Waals surface area contributed by atoms with Crippen LogP contribution in [0.15, 0.2) is 24.3 Å². The summed E-state index contributed by atoms with van der Waals surface area (Å²) in [6.45, 7) is 6.20. The summed E-state index contributed by atoms with van der Waals surface area (Å²) in [5.41, 5.74) is 0. The number of carbonyl (C=O) groups excluding carboxylic acids is 1. The van der Waals surface area contributed by atoms with E-state index in [9.17, 15) is 9.90 Å². The third-order valence-corrected chi connectivity index (χ3v) is 4.97. The number of para-hydroxylation sites is 2. The van der Waals surface area contributed by atoms with Gasteiger partial charge in [0.2, 0.25) is 0 Å². The van der Waals surface area contributed by atoms with Crippen LogP contribution in [0.4, 0.5) is 0 Å². The predicted octanol–water partition coefficient (Wildman–Crippen LogP) is 0.614. The molecule has 2 atom stereocenters. The van der Waals surface area contributed by atoms with Gasteiger partial charge < -0.3 is 33.3 Å². The molecule has 2 aliphatic rings. The lowest BCUT2D eigenvalue weighted by Crippen LogP contribution is -2.60. The zero-order valence-electron chi connectivity index (χ0n) is 16.4. The molecule has 8 heteroatoms. The van der Waals surface area contributed by atoms with Crippen molar-refractivity contribution in [2.45, 2.75) is 19.1 Å². The van der Waals surface area contributed by atoms with Gasteiger partial charge in [0.1, 0.15) is 32.3 Å². The number of morpholine rings is 1. The standard InChI is InChI=1S/C20H30NO7/c1-2-26-20(23)12-21(7-9-24-10-8-21)11-16(22)13-25-14-17-15-27-18-5-3-4-6-19(18)28-17/h3-6,16-17,22H,2,7-15H2,1H3/q+1/t16-,17-/m1/s1. The van der Waals surface area contributed by atoms with Gasteiger partial charge in [-0.1, -0.05) is 12.1 Å². The zero-order valence-corrected chi connectivity index (χ0v) is 16.4. The van der Waals surface area contributed by atoms with E-state index in [4.69, 9.17) is 23.7 Å². The molecule has 1 saturated heterocycles. The van der Waals surface area contributed by atoms with Gasteiger partial charge in [0.15, 0.2) is 24.1 Å². The Labute approximate surface area is 165 Å². The average molecular weight is 396 g/mol. The Bertz CT molecular complexity index is 633. The molecule has 0 radical (unpaired) electrons. The molecule has 1 aromatic carbocycles. The summed E-state index contributed by atoms with van der Waals surface area (Å²) in [4.78, 5) is 12.0. The van der Waals surface area contributed by atoms with E-state index in [1.165, 1.54) is 0 Å². The summed E-state index contributed by atoms with van der Waals surface area (Å²) in [5.74, 6) is 1.19. The zero-order chi connectivity index (χ0) is 19.8. The Morgan fingerprint density at radius 3 is 2.79 bits per heavy atom. The van der Waals surface area contributed by atoms with E-state index >= 15 is 0 Å². The maximum atomic E-state index is 12.0. The highest BCUT2D eigenvalue weighted by Gasteiger charge is 2.36. The third kappa shape index (κ3) is 5.81. The van der Waals surface area contributed by atoms with E-state index in [1.54, 1.807) is 6.92 Å². The number of aliphatic hydroxyl groups is 1. The lowest BCUT2D eigenvalue weighted by atomic mass is 10.2. The van der Waals surface area contributed by atoms with Gasteiger partial charge in [-0.2, -0.15) is 0 Å². The Morgan fingerprint density at radius 1 is 1.29 bits per heavy atom. The quantitative estimate of drug-likeness (QED) is 0.484. The highest BCUT2D eigenvalue weighted by molar-refractivity contribution is 5.70. The normalized spacial score (nSPS) is 21.7. The SMILES string of the molecule is CCOC(=O)C[N+]1(C[C@@H](O)COC[C@@H]2COc3ccccc3O2)CCOCC1. The second-order valence-electron chi connectivity index (χ2n) is 7.24. The number of carbonyl (C=O) groups is 1. The number of rotatable bonds is 9. The number of esters is 1. The number of aliphatic hydroxyl groups excluding tert-OH is 1. The minimum atomic E-state index is -0.690. The van der Waals surface area contributed by atoms with Gasteiger partial charge in [-0.3, -0.25) is 0 Å². The number of nitrogens with zero attached hydrogens (tertiary/aromatic N) is 1. The number of hydrogen-bond donors (Lipinski definition) is 1. The fraction of sp³-hybridized carbons (Fsp3) is 0.650. The number of hydrogen-bond acceptors (Lipinski definition) is 7. The maximum Gasteiger partial charge on any atom is 0.361 e. The minimum absolute atomic E-state index is 0.172. The summed E-state index contributed by atoms with van der Waals surface area (Å²) in [7, 11) is 0. The molecule has 0 bridgehead atoms. The van der Waals surface area contributed by atoms with Gasteiger partial charge in [0.25, 0.3) is 0 Å². The lowest BCUT2D eigenvalue weighted by molar-refractivity contribution is -0.931. The first-order chi connectivity index (χ1) is 13.6. The van der Waals surface area contributed by atoms with Crippen molar-refractivity contribution in [3.05, 3.63) is 24.3 Å². The topological polar surface area (TPSA) is 83.5 Å². The van der Waals surface area contributed by atoms with E-state index in [0.29, 0.717) is 62.9 Å². The van der Waals surface area contributed by atoms with E-state index in [1.807, 2.05) is 24.3 Å². The average Bonchev–Trinajstić information content (AvgIpc) is 2.68. The lowest BCUT2D eigenvalue weighted by Gasteiger charge is -2.41. The molecule has 0 aliphatic carbocycles. The molecule has 0 spiro atoms. The molecule has 28 heavy (non-hydrogen) atoms. The number of fused-ring (bicyclic) bond motifs is 1. The molecule has 0 aromatic heterocycles. The molecule has 2 aliphatic heterocycles. The fourth-order valence-corrected chi connectivity index (χ4v) is 3.60. The maximum absolute atomic E-state index is 12.0. The second-order valence-corrected chi connectivity index (χ2v) is 7.24. The third-order valence-electron chi connectivity index (χ3n) is 4.97. The van der Waals surface area contributed by atoms with Crippen LogP contribution in [0.2, 0.25) is 0 Å². The van der Waals surface area contributed by atoms with Crippen molar-refractivity contribution >= 4 is 5.97 Å². The van der Waals surface area contributed by atoms with Crippen LogP contribution >= 0.6 is 0 Å². The molecule has 1 N–H and O–H groups in total. The molecular weight excluding hydrogens is 366 g/mol. The Hall–Kier alpha value is -1.87. The molecule has 3 rings (SSSR count). The van der Waals surface area contributed by atoms with Crippen LogP contribution in [0.5, 0.6) is 11.5 Å². The van der Waals surface area contributed by atoms with Crippen LogP contribution in [0.1, 0.15) is 6.92 Å². The molecule has 0 saturated carbocycles. The number of quaternary nitrogens is 1. The van der Waals surface area contributed by atoms with Crippen molar-refractivity contribution < 1.29 is 38.1 Å². The summed E-state index contributed by atoms with van der Waals surface area (Å²) < 4.78 is 28.2. The van der Waals surface area contributed by atoms with Crippen LogP contribution in [-0.4, -0.2) is 93.6 Å². The molecule has 1 fully saturated rings. The van der Waals surface area contributed by atoms with Gasteiger partial charge >= 0.3 is 5.97 Å². The van der Waals surface area contributed by atoms with E-state index in [0.717, 1.165) is 5.75 Å². The fourth-order valence-electron chi connectivity index (χ4n) is 3.60. The van der Waals surface area contributed by atoms with Crippen LogP contribution in [0.25, 0.3) is 0 Å². The molecule has 2 heterocycles. The van der Waals surface area contributed by atoms with Crippen molar-refractivity contribution in [3.63, 3.8) is 0 Å². The van der Waals surface area contributed by atoms with E-state index in [-0.39, 0.29) is 25.2 Å². The number of ether oxygens (including phenoxy) is 5. The largest absolute Gasteiger partial charge is 0.486 e. The monoisotopic (exact) mass is 396 g/mol. The molecule has 0 amide bonds. The number of benzene rings is 1. The van der Waals surface area contributed by atoms with Gasteiger partial charge in [-0.15, -0.1) is 0 Å². The van der Waals surface area contributed by atoms with Crippen molar-refractivity contribution in [1.29, 1.82) is 0 Å². The van der Waals surface area contributed by atoms with Gasteiger partial charge in [0.05, 0.1) is 33.0 Å². The summed E-state index contributed by atoms with van der Waals surface area (Å²) in [5, 5.41) is 10.5. The molecule has 8 nitrogen and oxygen atoms in total. The molecule has 1 aromatic rings. The molecule has 0 unspecified atom stereocenters. The van der Waals surface area contributed by atoms with Gasteiger partial charge in [-0.25, -0.2) is 4.79 Å². The van der Waals surface area contributed by atoms with E-state index < -0.39 is 6.10 Å². The second kappa shape index (κ2) is 10.1. The van der Waals surface area contributed by atoms with Crippen molar-refractivity contribution in [3.8, 4) is 11.5 Å². The van der Waals surface area contributed by atoms with Gasteiger partial charge in [0, 0.05) is 0 Å². The Balaban J connectivity index is 1.44. The highest BCUT2D eigenvalue weighted by atomic mass is 16.6. The first-order valence-electron chi connectivity index (χ1n) is 9.83. The highest BCUT2D eigenvalue weighted by Crippen LogP contribution is 2.30. The van der Waals surface area contributed by atoms with Crippen LogP contribution < -0.4 is 9.47 Å². The van der Waals surface area contributed by atoms with Crippen LogP contribution in [0, 0.1) is 0 Å². The minimum Gasteiger partial charge on any atom is -0.486 e. The smallest absolute Gasteiger partial charge is 0.361 e. The first kappa shape index (κ1) is 20.9. The van der Waals surface area contributed by atoms with Crippen molar-refractivity contribution in [2.75, 3.05) is 65.8 Å². The Kier molecular flexibility index (Phi) is 7.50. The van der Waals surface area contributed by atoms with Crippen LogP contribution in [-0.2, 0) is 19.0 Å². The molecular formula is C20H30NO7+. The van der Waals surface area contributed by atoms with E-state index in [2.05, 4.69) is 0 Å². The summed E-state index contributed by atoms with van der Waals surface area (Å²) >= 11 is 0. The molecule has 156 valence electrons. The van der Waals surface area contributed by atoms with Crippen molar-refractivity contribution in [1.82, 2.24) is 0 Å². The van der Waals surface area contributed by atoms with Gasteiger partial charge in [-0.05, 0) is 19.1 Å². The first-order valence-corrected chi connectivity index (χ1v) is 9.83.